The quantitative estimate of drug-likeness (QED) is 0.823. The number of imide groups is 1. The Balaban J connectivity index is 2.21. The van der Waals surface area contributed by atoms with Crippen LogP contribution in [0.4, 0.5) is 10.1 Å². The zero-order valence-corrected chi connectivity index (χ0v) is 10.8. The standard InChI is InChI=1S/C12H8BrFN2O2/c13-7-4-9-6(3-8(7)14)10(5-15-9)16-11(17)1-2-12(16)18/h3-5,15H,1-2H2. The lowest BCUT2D eigenvalue weighted by Gasteiger charge is -2.12. The van der Waals surface area contributed by atoms with Gasteiger partial charge in [-0.2, -0.15) is 0 Å². The maximum Gasteiger partial charge on any atom is 0.234 e. The lowest BCUT2D eigenvalue weighted by Crippen LogP contribution is -2.28. The Labute approximate surface area is 110 Å². The third-order valence-electron chi connectivity index (χ3n) is 2.99. The van der Waals surface area contributed by atoms with Crippen molar-refractivity contribution in [1.29, 1.82) is 0 Å². The van der Waals surface area contributed by atoms with E-state index in [9.17, 15) is 14.0 Å². The first-order valence-corrected chi connectivity index (χ1v) is 6.19. The van der Waals surface area contributed by atoms with E-state index in [-0.39, 0.29) is 24.7 Å². The van der Waals surface area contributed by atoms with Crippen molar-refractivity contribution in [3.8, 4) is 0 Å². The molecule has 1 fully saturated rings. The highest BCUT2D eigenvalue weighted by Crippen LogP contribution is 2.33. The van der Waals surface area contributed by atoms with Crippen LogP contribution in [-0.2, 0) is 9.59 Å². The van der Waals surface area contributed by atoms with Crippen LogP contribution in [0.2, 0.25) is 0 Å². The molecule has 2 heterocycles. The van der Waals surface area contributed by atoms with E-state index in [1.165, 1.54) is 6.07 Å². The average molecular weight is 311 g/mol. The first-order valence-electron chi connectivity index (χ1n) is 5.40. The summed E-state index contributed by atoms with van der Waals surface area (Å²) in [6, 6.07) is 2.89. The molecule has 2 aromatic rings. The number of halogens is 2. The van der Waals surface area contributed by atoms with Gasteiger partial charge in [-0.3, -0.25) is 9.59 Å². The molecule has 2 amide bonds. The molecule has 0 atom stereocenters. The van der Waals surface area contributed by atoms with Gasteiger partial charge < -0.3 is 4.98 Å². The van der Waals surface area contributed by atoms with Crippen LogP contribution in [0.3, 0.4) is 0 Å². The van der Waals surface area contributed by atoms with Crippen LogP contribution in [0.15, 0.2) is 22.8 Å². The van der Waals surface area contributed by atoms with E-state index in [1.54, 1.807) is 12.3 Å². The molecule has 92 valence electrons. The lowest BCUT2D eigenvalue weighted by molar-refractivity contribution is -0.121. The fraction of sp³-hybridized carbons (Fsp3) is 0.167. The number of anilines is 1. The summed E-state index contributed by atoms with van der Waals surface area (Å²) in [5.74, 6) is -0.920. The van der Waals surface area contributed by atoms with Crippen molar-refractivity contribution in [2.24, 2.45) is 0 Å². The van der Waals surface area contributed by atoms with E-state index in [4.69, 9.17) is 0 Å². The molecule has 18 heavy (non-hydrogen) atoms. The summed E-state index contributed by atoms with van der Waals surface area (Å²) >= 11 is 3.09. The second-order valence-corrected chi connectivity index (χ2v) is 4.96. The summed E-state index contributed by atoms with van der Waals surface area (Å²) in [5.41, 5.74) is 1.09. The third-order valence-corrected chi connectivity index (χ3v) is 3.60. The molecule has 0 saturated carbocycles. The van der Waals surface area contributed by atoms with Gasteiger partial charge in [0.25, 0.3) is 0 Å². The minimum atomic E-state index is -0.428. The van der Waals surface area contributed by atoms with Crippen LogP contribution in [0, 0.1) is 5.82 Å². The maximum atomic E-state index is 13.5. The predicted octanol–water partition coefficient (Wildman–Crippen LogP) is 2.72. The van der Waals surface area contributed by atoms with Crippen LogP contribution in [0.25, 0.3) is 10.9 Å². The Morgan fingerprint density at radius 2 is 1.89 bits per heavy atom. The number of hydrogen-bond acceptors (Lipinski definition) is 2. The smallest absolute Gasteiger partial charge is 0.234 e. The third kappa shape index (κ3) is 1.56. The first-order chi connectivity index (χ1) is 8.58. The zero-order valence-electron chi connectivity index (χ0n) is 9.17. The number of H-pyrrole nitrogens is 1. The van der Waals surface area contributed by atoms with E-state index >= 15 is 0 Å². The van der Waals surface area contributed by atoms with Gasteiger partial charge in [-0.05, 0) is 28.1 Å². The van der Waals surface area contributed by atoms with Gasteiger partial charge in [0.05, 0.1) is 10.2 Å². The summed E-state index contributed by atoms with van der Waals surface area (Å²) in [4.78, 5) is 27.4. The number of nitrogens with zero attached hydrogens (tertiary/aromatic N) is 1. The Bertz CT molecular complexity index is 664. The van der Waals surface area contributed by atoms with Crippen molar-refractivity contribution in [1.82, 2.24) is 4.98 Å². The summed E-state index contributed by atoms with van der Waals surface area (Å²) in [6.45, 7) is 0. The van der Waals surface area contributed by atoms with Gasteiger partial charge in [-0.15, -0.1) is 0 Å². The average Bonchev–Trinajstić information content (AvgIpc) is 2.84. The molecule has 1 aliphatic rings. The molecule has 0 spiro atoms. The van der Waals surface area contributed by atoms with Crippen molar-refractivity contribution >= 4 is 44.3 Å². The molecule has 1 N–H and O–H groups in total. The normalized spacial score (nSPS) is 16.0. The van der Waals surface area contributed by atoms with Gasteiger partial charge in [-0.1, -0.05) is 0 Å². The number of amides is 2. The molecule has 0 bridgehead atoms. The summed E-state index contributed by atoms with van der Waals surface area (Å²) in [5, 5.41) is 0.527. The second kappa shape index (κ2) is 3.91. The number of aromatic nitrogens is 1. The molecule has 6 heteroatoms. The van der Waals surface area contributed by atoms with E-state index in [2.05, 4.69) is 20.9 Å². The number of hydrogen-bond donors (Lipinski definition) is 1. The maximum absolute atomic E-state index is 13.5. The Kier molecular flexibility index (Phi) is 2.48. The topological polar surface area (TPSA) is 53.2 Å². The van der Waals surface area contributed by atoms with Crippen LogP contribution in [0.5, 0.6) is 0 Å². The van der Waals surface area contributed by atoms with Crippen molar-refractivity contribution < 1.29 is 14.0 Å². The van der Waals surface area contributed by atoms with E-state index < -0.39 is 5.82 Å². The molecule has 1 saturated heterocycles. The number of aromatic amines is 1. The number of fused-ring (bicyclic) bond motifs is 1. The van der Waals surface area contributed by atoms with Crippen LogP contribution < -0.4 is 4.90 Å². The molecule has 3 rings (SSSR count). The monoisotopic (exact) mass is 310 g/mol. The van der Waals surface area contributed by atoms with Crippen molar-refractivity contribution in [2.75, 3.05) is 4.90 Å². The van der Waals surface area contributed by atoms with E-state index in [1.807, 2.05) is 0 Å². The van der Waals surface area contributed by atoms with Crippen molar-refractivity contribution in [3.05, 3.63) is 28.6 Å². The highest BCUT2D eigenvalue weighted by Gasteiger charge is 2.32. The van der Waals surface area contributed by atoms with Gasteiger partial charge in [0.15, 0.2) is 0 Å². The molecule has 0 radical (unpaired) electrons. The number of carbonyl (C=O) groups excluding carboxylic acids is 2. The molecule has 1 aliphatic heterocycles. The van der Waals surface area contributed by atoms with Gasteiger partial charge in [-0.25, -0.2) is 9.29 Å². The van der Waals surface area contributed by atoms with Crippen molar-refractivity contribution in [2.45, 2.75) is 12.8 Å². The number of benzene rings is 1. The fourth-order valence-electron chi connectivity index (χ4n) is 2.13. The number of nitrogens with one attached hydrogen (secondary N) is 1. The van der Waals surface area contributed by atoms with Gasteiger partial charge in [0.2, 0.25) is 11.8 Å². The molecular weight excluding hydrogens is 303 g/mol. The molecule has 1 aromatic carbocycles. The summed E-state index contributed by atoms with van der Waals surface area (Å²) in [6.07, 6.45) is 1.98. The molecular formula is C12H8BrFN2O2. The lowest BCUT2D eigenvalue weighted by atomic mass is 10.2. The number of rotatable bonds is 1. The van der Waals surface area contributed by atoms with Crippen molar-refractivity contribution in [3.63, 3.8) is 0 Å². The molecule has 1 aromatic heterocycles. The Morgan fingerprint density at radius 1 is 1.22 bits per heavy atom. The predicted molar refractivity (Wildman–Crippen MR) is 67.7 cm³/mol. The van der Waals surface area contributed by atoms with E-state index in [0.717, 1.165) is 4.90 Å². The van der Waals surface area contributed by atoms with Crippen LogP contribution in [0.1, 0.15) is 12.8 Å². The van der Waals surface area contributed by atoms with Gasteiger partial charge in [0.1, 0.15) is 5.82 Å². The van der Waals surface area contributed by atoms with Gasteiger partial charge in [0, 0.05) is 29.9 Å². The molecule has 0 unspecified atom stereocenters. The highest BCUT2D eigenvalue weighted by molar-refractivity contribution is 9.10. The minimum absolute atomic E-state index is 0.213. The van der Waals surface area contributed by atoms with Crippen LogP contribution >= 0.6 is 15.9 Å². The Hall–Kier alpha value is -1.69. The first kappa shape index (κ1) is 11.4. The second-order valence-electron chi connectivity index (χ2n) is 4.11. The van der Waals surface area contributed by atoms with E-state index in [0.29, 0.717) is 21.1 Å². The van der Waals surface area contributed by atoms with Gasteiger partial charge >= 0.3 is 0 Å². The summed E-state index contributed by atoms with van der Waals surface area (Å²) in [7, 11) is 0. The molecule has 4 nitrogen and oxygen atoms in total. The largest absolute Gasteiger partial charge is 0.359 e. The minimum Gasteiger partial charge on any atom is -0.359 e. The zero-order chi connectivity index (χ0) is 12.9. The Morgan fingerprint density at radius 3 is 2.56 bits per heavy atom. The molecule has 0 aliphatic carbocycles. The SMILES string of the molecule is O=C1CCC(=O)N1c1c[nH]c2cc(Br)c(F)cc12. The van der Waals surface area contributed by atoms with Crippen LogP contribution in [-0.4, -0.2) is 16.8 Å². The number of carbonyl (C=O) groups is 2. The summed E-state index contributed by atoms with van der Waals surface area (Å²) < 4.78 is 13.9. The fourth-order valence-corrected chi connectivity index (χ4v) is 2.48. The highest BCUT2D eigenvalue weighted by atomic mass is 79.9.